The van der Waals surface area contributed by atoms with Crippen molar-refractivity contribution < 1.29 is 13.2 Å². The number of sulfonamides is 1. The molecule has 2 aliphatic heterocycles. The standard InChI is InChI=1S/C16H20N2O3S/c19-16-10-15-14(17(16)11-12-6-7-12)8-9-18(15)22(20,21)13-4-2-1-3-5-13/h1-5,12,14-15H,6-11H2. The lowest BCUT2D eigenvalue weighted by Gasteiger charge is -2.25. The van der Waals surface area contributed by atoms with Crippen molar-refractivity contribution in [2.75, 3.05) is 13.1 Å². The van der Waals surface area contributed by atoms with E-state index in [-0.39, 0.29) is 18.0 Å². The van der Waals surface area contributed by atoms with Gasteiger partial charge >= 0.3 is 0 Å². The highest BCUT2D eigenvalue weighted by atomic mass is 32.2. The smallest absolute Gasteiger partial charge is 0.243 e. The number of hydrogen-bond acceptors (Lipinski definition) is 3. The minimum absolute atomic E-state index is 0.0755. The first kappa shape index (κ1) is 14.2. The molecule has 6 heteroatoms. The van der Waals surface area contributed by atoms with Crippen LogP contribution >= 0.6 is 0 Å². The minimum atomic E-state index is -3.50. The minimum Gasteiger partial charge on any atom is -0.338 e. The summed E-state index contributed by atoms with van der Waals surface area (Å²) in [7, 11) is -3.50. The molecule has 1 aliphatic carbocycles. The molecule has 2 heterocycles. The number of likely N-dealkylation sites (tertiary alicyclic amines) is 1. The lowest BCUT2D eigenvalue weighted by molar-refractivity contribution is -0.129. The second kappa shape index (κ2) is 5.06. The summed E-state index contributed by atoms with van der Waals surface area (Å²) in [5.74, 6) is 0.761. The highest BCUT2D eigenvalue weighted by molar-refractivity contribution is 7.89. The zero-order chi connectivity index (χ0) is 15.3. The van der Waals surface area contributed by atoms with Crippen LogP contribution in [0.1, 0.15) is 25.7 Å². The third-order valence-corrected chi connectivity index (χ3v) is 7.00. The zero-order valence-corrected chi connectivity index (χ0v) is 13.2. The summed E-state index contributed by atoms with van der Waals surface area (Å²) in [4.78, 5) is 14.5. The van der Waals surface area contributed by atoms with E-state index in [0.29, 0.717) is 23.8 Å². The largest absolute Gasteiger partial charge is 0.338 e. The predicted molar refractivity (Wildman–Crippen MR) is 81.6 cm³/mol. The average molecular weight is 320 g/mol. The van der Waals surface area contributed by atoms with Crippen molar-refractivity contribution in [1.82, 2.24) is 9.21 Å². The Morgan fingerprint density at radius 1 is 1.05 bits per heavy atom. The summed E-state index contributed by atoms with van der Waals surface area (Å²) in [6.45, 7) is 1.33. The normalized spacial score (nSPS) is 29.1. The molecule has 0 aromatic heterocycles. The summed E-state index contributed by atoms with van der Waals surface area (Å²) in [6.07, 6.45) is 3.50. The molecule has 2 unspecified atom stereocenters. The van der Waals surface area contributed by atoms with Crippen LogP contribution in [0.15, 0.2) is 35.2 Å². The summed E-state index contributed by atoms with van der Waals surface area (Å²) in [5.41, 5.74) is 0. The number of hydrogen-bond donors (Lipinski definition) is 0. The molecule has 1 amide bonds. The number of benzene rings is 1. The average Bonchev–Trinajstić information content (AvgIpc) is 3.16. The molecule has 22 heavy (non-hydrogen) atoms. The van der Waals surface area contributed by atoms with Gasteiger partial charge in [-0.1, -0.05) is 18.2 Å². The maximum Gasteiger partial charge on any atom is 0.243 e. The maximum atomic E-state index is 12.8. The van der Waals surface area contributed by atoms with Crippen LogP contribution in [0, 0.1) is 5.92 Å². The molecule has 4 rings (SSSR count). The van der Waals surface area contributed by atoms with Crippen molar-refractivity contribution in [2.45, 2.75) is 42.7 Å². The number of carbonyl (C=O) groups is 1. The number of amides is 1. The van der Waals surface area contributed by atoms with Gasteiger partial charge in [-0.2, -0.15) is 4.31 Å². The van der Waals surface area contributed by atoms with Gasteiger partial charge in [0.15, 0.2) is 0 Å². The third kappa shape index (κ3) is 2.25. The molecule has 0 spiro atoms. The van der Waals surface area contributed by atoms with Gasteiger partial charge in [0.05, 0.1) is 17.0 Å². The van der Waals surface area contributed by atoms with Gasteiger partial charge in [0.25, 0.3) is 0 Å². The van der Waals surface area contributed by atoms with Crippen LogP contribution in [0.25, 0.3) is 0 Å². The van der Waals surface area contributed by atoms with Crippen molar-refractivity contribution >= 4 is 15.9 Å². The maximum absolute atomic E-state index is 12.8. The predicted octanol–water partition coefficient (Wildman–Crippen LogP) is 1.46. The SMILES string of the molecule is O=C1CC2C(CCN2S(=O)(=O)c2ccccc2)N1CC1CC1. The van der Waals surface area contributed by atoms with Crippen molar-refractivity contribution in [1.29, 1.82) is 0 Å². The Morgan fingerprint density at radius 2 is 1.77 bits per heavy atom. The topological polar surface area (TPSA) is 57.7 Å². The number of fused-ring (bicyclic) bond motifs is 1. The molecule has 118 valence electrons. The molecule has 3 aliphatic rings. The Balaban J connectivity index is 1.59. The molecule has 2 saturated heterocycles. The molecule has 5 nitrogen and oxygen atoms in total. The van der Waals surface area contributed by atoms with Crippen molar-refractivity contribution in [3.05, 3.63) is 30.3 Å². The second-order valence-electron chi connectivity index (χ2n) is 6.55. The van der Waals surface area contributed by atoms with Crippen LogP contribution in [0.3, 0.4) is 0 Å². The van der Waals surface area contributed by atoms with Gasteiger partial charge in [-0.15, -0.1) is 0 Å². The van der Waals surface area contributed by atoms with Crippen LogP contribution in [0.4, 0.5) is 0 Å². The molecular formula is C16H20N2O3S. The highest BCUT2D eigenvalue weighted by Gasteiger charge is 2.51. The molecule has 3 fully saturated rings. The van der Waals surface area contributed by atoms with Gasteiger partial charge in [0, 0.05) is 19.5 Å². The summed E-state index contributed by atoms with van der Waals surface area (Å²) < 4.78 is 27.2. The fraction of sp³-hybridized carbons (Fsp3) is 0.562. The molecule has 1 aromatic rings. The van der Waals surface area contributed by atoms with E-state index < -0.39 is 10.0 Å². The lowest BCUT2D eigenvalue weighted by Crippen LogP contribution is -2.40. The first-order chi connectivity index (χ1) is 10.6. The van der Waals surface area contributed by atoms with Gasteiger partial charge < -0.3 is 4.90 Å². The molecule has 0 N–H and O–H groups in total. The van der Waals surface area contributed by atoms with E-state index in [4.69, 9.17) is 0 Å². The Kier molecular flexibility index (Phi) is 3.27. The molecule has 1 saturated carbocycles. The Morgan fingerprint density at radius 3 is 2.45 bits per heavy atom. The monoisotopic (exact) mass is 320 g/mol. The van der Waals surface area contributed by atoms with Crippen molar-refractivity contribution in [3.63, 3.8) is 0 Å². The van der Waals surface area contributed by atoms with Gasteiger partial charge in [0.2, 0.25) is 15.9 Å². The zero-order valence-electron chi connectivity index (χ0n) is 12.4. The molecule has 2 atom stereocenters. The van der Waals surface area contributed by atoms with Crippen LogP contribution in [-0.2, 0) is 14.8 Å². The van der Waals surface area contributed by atoms with Crippen LogP contribution in [0.2, 0.25) is 0 Å². The number of rotatable bonds is 4. The lowest BCUT2D eigenvalue weighted by atomic mass is 10.1. The van der Waals surface area contributed by atoms with E-state index in [1.54, 1.807) is 28.6 Å². The number of nitrogens with zero attached hydrogens (tertiary/aromatic N) is 2. The third-order valence-electron chi connectivity index (χ3n) is 5.07. The van der Waals surface area contributed by atoms with E-state index in [0.717, 1.165) is 13.0 Å². The first-order valence-electron chi connectivity index (χ1n) is 7.94. The molecule has 1 aromatic carbocycles. The summed E-state index contributed by atoms with van der Waals surface area (Å²) in [5, 5.41) is 0. The summed E-state index contributed by atoms with van der Waals surface area (Å²) >= 11 is 0. The van der Waals surface area contributed by atoms with Crippen molar-refractivity contribution in [2.24, 2.45) is 5.92 Å². The van der Waals surface area contributed by atoms with Crippen LogP contribution in [-0.4, -0.2) is 48.7 Å². The van der Waals surface area contributed by atoms with E-state index in [9.17, 15) is 13.2 Å². The van der Waals surface area contributed by atoms with Gasteiger partial charge in [-0.25, -0.2) is 8.42 Å². The van der Waals surface area contributed by atoms with Crippen LogP contribution in [0.5, 0.6) is 0 Å². The molecular weight excluding hydrogens is 300 g/mol. The fourth-order valence-electron chi connectivity index (χ4n) is 3.73. The van der Waals surface area contributed by atoms with Crippen molar-refractivity contribution in [3.8, 4) is 0 Å². The number of carbonyl (C=O) groups excluding carboxylic acids is 1. The van der Waals surface area contributed by atoms with Gasteiger partial charge in [-0.3, -0.25) is 4.79 Å². The molecule has 0 radical (unpaired) electrons. The Hall–Kier alpha value is -1.40. The molecule has 0 bridgehead atoms. The van der Waals surface area contributed by atoms with E-state index in [2.05, 4.69) is 0 Å². The second-order valence-corrected chi connectivity index (χ2v) is 8.44. The van der Waals surface area contributed by atoms with Gasteiger partial charge in [-0.05, 0) is 37.3 Å². The Labute approximate surface area is 131 Å². The van der Waals surface area contributed by atoms with Gasteiger partial charge in [0.1, 0.15) is 0 Å². The van der Waals surface area contributed by atoms with E-state index >= 15 is 0 Å². The van der Waals surface area contributed by atoms with Crippen LogP contribution < -0.4 is 0 Å². The van der Waals surface area contributed by atoms with E-state index in [1.165, 1.54) is 12.8 Å². The summed E-state index contributed by atoms with van der Waals surface area (Å²) in [6, 6.07) is 8.42. The first-order valence-corrected chi connectivity index (χ1v) is 9.38. The quantitative estimate of drug-likeness (QED) is 0.844. The fourth-order valence-corrected chi connectivity index (χ4v) is 5.42. The highest BCUT2D eigenvalue weighted by Crippen LogP contribution is 2.39. The van der Waals surface area contributed by atoms with E-state index in [1.807, 2.05) is 11.0 Å². The Bertz CT molecular complexity index is 685.